The van der Waals surface area contributed by atoms with Crippen LogP contribution in [0.3, 0.4) is 0 Å². The van der Waals surface area contributed by atoms with Crippen LogP contribution in [0.1, 0.15) is 51.0 Å². The summed E-state index contributed by atoms with van der Waals surface area (Å²) in [6.45, 7) is 7.92. The molecule has 21 heavy (non-hydrogen) atoms. The van der Waals surface area contributed by atoms with Gasteiger partial charge in [0.15, 0.2) is 0 Å². The van der Waals surface area contributed by atoms with Crippen LogP contribution in [0.25, 0.3) is 0 Å². The fourth-order valence-electron chi connectivity index (χ4n) is 3.13. The zero-order valence-corrected chi connectivity index (χ0v) is 13.8. The van der Waals surface area contributed by atoms with E-state index in [1.165, 1.54) is 5.06 Å². The van der Waals surface area contributed by atoms with Gasteiger partial charge in [-0.25, -0.2) is 0 Å². The van der Waals surface area contributed by atoms with Crippen molar-refractivity contribution in [1.29, 1.82) is 0 Å². The van der Waals surface area contributed by atoms with Crippen LogP contribution in [0.5, 0.6) is 0 Å². The molecule has 2 heterocycles. The van der Waals surface area contributed by atoms with Gasteiger partial charge in [0.1, 0.15) is 5.69 Å². The van der Waals surface area contributed by atoms with Gasteiger partial charge < -0.3 is 10.5 Å². The standard InChI is InChI=1S/C15H23N3O2.ClH/c1-14(2)9-11(10-15(3,4)18(14)20)17-13(19)12-7-5-6-8-16-12;/h5-8,11,20H,9-10H2,1-4H3,(H,17,19);1H. The molecule has 0 atom stereocenters. The number of nitrogens with one attached hydrogen (secondary N) is 1. The average Bonchev–Trinajstić information content (AvgIpc) is 2.36. The number of hydrogen-bond acceptors (Lipinski definition) is 4. The van der Waals surface area contributed by atoms with Crippen molar-refractivity contribution in [3.63, 3.8) is 0 Å². The van der Waals surface area contributed by atoms with Crippen LogP contribution in [0.4, 0.5) is 0 Å². The van der Waals surface area contributed by atoms with E-state index in [0.29, 0.717) is 18.5 Å². The molecule has 0 radical (unpaired) electrons. The molecule has 1 saturated heterocycles. The number of piperidine rings is 1. The lowest BCUT2D eigenvalue weighted by molar-refractivity contribution is -0.245. The monoisotopic (exact) mass is 313 g/mol. The predicted molar refractivity (Wildman–Crippen MR) is 83.8 cm³/mol. The summed E-state index contributed by atoms with van der Waals surface area (Å²) in [6.07, 6.45) is 3.01. The van der Waals surface area contributed by atoms with E-state index < -0.39 is 0 Å². The van der Waals surface area contributed by atoms with Crippen LogP contribution in [-0.2, 0) is 0 Å². The molecule has 0 bridgehead atoms. The van der Waals surface area contributed by atoms with E-state index in [0.717, 1.165) is 0 Å². The molecule has 1 aliphatic heterocycles. The van der Waals surface area contributed by atoms with Gasteiger partial charge in [0.2, 0.25) is 0 Å². The van der Waals surface area contributed by atoms with Gasteiger partial charge in [0.25, 0.3) is 5.91 Å². The molecule has 6 heteroatoms. The van der Waals surface area contributed by atoms with Crippen molar-refractivity contribution in [3.8, 4) is 0 Å². The van der Waals surface area contributed by atoms with Crippen molar-refractivity contribution in [1.82, 2.24) is 15.4 Å². The zero-order valence-electron chi connectivity index (χ0n) is 13.0. The van der Waals surface area contributed by atoms with Crippen molar-refractivity contribution >= 4 is 18.3 Å². The van der Waals surface area contributed by atoms with Crippen LogP contribution in [0.15, 0.2) is 24.4 Å². The number of rotatable bonds is 2. The molecule has 0 saturated carbocycles. The minimum absolute atomic E-state index is 0. The lowest BCUT2D eigenvalue weighted by atomic mass is 9.79. The van der Waals surface area contributed by atoms with Gasteiger partial charge in [-0.2, -0.15) is 5.06 Å². The number of aromatic nitrogens is 1. The molecule has 5 nitrogen and oxygen atoms in total. The lowest BCUT2D eigenvalue weighted by Crippen LogP contribution is -2.62. The molecular weight excluding hydrogens is 290 g/mol. The number of hydrogen-bond donors (Lipinski definition) is 2. The van der Waals surface area contributed by atoms with Gasteiger partial charge in [-0.15, -0.1) is 12.4 Å². The quantitative estimate of drug-likeness (QED) is 0.881. The Balaban J connectivity index is 0.00000220. The number of carbonyl (C=O) groups is 1. The first-order chi connectivity index (χ1) is 9.22. The second kappa shape index (κ2) is 6.30. The van der Waals surface area contributed by atoms with E-state index in [2.05, 4.69) is 10.3 Å². The van der Waals surface area contributed by atoms with Crippen LogP contribution in [0.2, 0.25) is 0 Å². The van der Waals surface area contributed by atoms with Crippen molar-refractivity contribution in [3.05, 3.63) is 30.1 Å². The first-order valence-corrected chi connectivity index (χ1v) is 6.93. The number of amides is 1. The molecule has 118 valence electrons. The van der Waals surface area contributed by atoms with Crippen molar-refractivity contribution < 1.29 is 10.0 Å². The molecule has 1 fully saturated rings. The number of halogens is 1. The van der Waals surface area contributed by atoms with Crippen molar-refractivity contribution in [2.45, 2.75) is 57.7 Å². The summed E-state index contributed by atoms with van der Waals surface area (Å²) in [5.74, 6) is -0.159. The molecule has 0 spiro atoms. The fraction of sp³-hybridized carbons (Fsp3) is 0.600. The number of pyridine rings is 1. The second-order valence-corrected chi connectivity index (χ2v) is 6.73. The van der Waals surface area contributed by atoms with E-state index in [9.17, 15) is 10.0 Å². The highest BCUT2D eigenvalue weighted by Crippen LogP contribution is 2.36. The Bertz CT molecular complexity index is 473. The third kappa shape index (κ3) is 3.93. The maximum absolute atomic E-state index is 12.2. The number of hydroxylamine groups is 2. The fourth-order valence-corrected chi connectivity index (χ4v) is 3.13. The van der Waals surface area contributed by atoms with Crippen molar-refractivity contribution in [2.75, 3.05) is 0 Å². The Morgan fingerprint density at radius 2 is 1.86 bits per heavy atom. The molecule has 0 aliphatic carbocycles. The van der Waals surface area contributed by atoms with Crippen LogP contribution in [-0.4, -0.2) is 38.3 Å². The summed E-state index contributed by atoms with van der Waals surface area (Å²) in [5.41, 5.74) is -0.317. The van der Waals surface area contributed by atoms with E-state index in [1.807, 2.05) is 27.7 Å². The molecule has 1 aliphatic rings. The van der Waals surface area contributed by atoms with E-state index >= 15 is 0 Å². The van der Waals surface area contributed by atoms with E-state index in [-0.39, 0.29) is 35.4 Å². The van der Waals surface area contributed by atoms with E-state index in [4.69, 9.17) is 0 Å². The topological polar surface area (TPSA) is 65.5 Å². The number of carbonyl (C=O) groups excluding carboxylic acids is 1. The smallest absolute Gasteiger partial charge is 0.270 e. The summed E-state index contributed by atoms with van der Waals surface area (Å²) < 4.78 is 0. The Labute approximate surface area is 132 Å². The first-order valence-electron chi connectivity index (χ1n) is 6.93. The number of nitrogens with zero attached hydrogens (tertiary/aromatic N) is 2. The predicted octanol–water partition coefficient (Wildman–Crippen LogP) is 2.64. The molecular formula is C15H24ClN3O2. The summed E-state index contributed by atoms with van der Waals surface area (Å²) in [7, 11) is 0. The molecule has 2 N–H and O–H groups in total. The largest absolute Gasteiger partial charge is 0.348 e. The minimum Gasteiger partial charge on any atom is -0.348 e. The summed E-state index contributed by atoms with van der Waals surface area (Å²) in [4.78, 5) is 16.2. The Morgan fingerprint density at radius 3 is 2.33 bits per heavy atom. The van der Waals surface area contributed by atoms with Crippen molar-refractivity contribution in [2.24, 2.45) is 0 Å². The minimum atomic E-state index is -0.371. The van der Waals surface area contributed by atoms with Gasteiger partial charge in [-0.3, -0.25) is 9.78 Å². The second-order valence-electron chi connectivity index (χ2n) is 6.73. The van der Waals surface area contributed by atoms with Gasteiger partial charge in [0.05, 0.1) is 0 Å². The van der Waals surface area contributed by atoms with Crippen LogP contribution >= 0.6 is 12.4 Å². The summed E-state index contributed by atoms with van der Waals surface area (Å²) in [6, 6.07) is 5.31. The Hall–Kier alpha value is -1.17. The van der Waals surface area contributed by atoms with Crippen LogP contribution < -0.4 is 5.32 Å². The molecule has 1 aromatic heterocycles. The molecule has 0 unspecified atom stereocenters. The lowest BCUT2D eigenvalue weighted by Gasteiger charge is -2.51. The third-order valence-electron chi connectivity index (χ3n) is 3.87. The SMILES string of the molecule is CC1(C)CC(NC(=O)c2ccccn2)CC(C)(C)N1O.Cl. The molecule has 0 aromatic carbocycles. The van der Waals surface area contributed by atoms with Gasteiger partial charge in [-0.05, 0) is 52.7 Å². The average molecular weight is 314 g/mol. The van der Waals surface area contributed by atoms with E-state index in [1.54, 1.807) is 24.4 Å². The molecule has 1 amide bonds. The highest BCUT2D eigenvalue weighted by Gasteiger charge is 2.45. The Kier molecular flexibility index (Phi) is 5.36. The highest BCUT2D eigenvalue weighted by molar-refractivity contribution is 5.92. The highest BCUT2D eigenvalue weighted by atomic mass is 35.5. The van der Waals surface area contributed by atoms with Crippen LogP contribution in [0, 0.1) is 0 Å². The van der Waals surface area contributed by atoms with Gasteiger partial charge in [-0.1, -0.05) is 6.07 Å². The summed E-state index contributed by atoms with van der Waals surface area (Å²) >= 11 is 0. The first kappa shape index (κ1) is 17.9. The Morgan fingerprint density at radius 1 is 1.29 bits per heavy atom. The van der Waals surface area contributed by atoms with Gasteiger partial charge in [0, 0.05) is 23.3 Å². The maximum Gasteiger partial charge on any atom is 0.270 e. The molecule has 2 rings (SSSR count). The maximum atomic E-state index is 12.2. The zero-order chi connectivity index (χ0) is 15.0. The summed E-state index contributed by atoms with van der Waals surface area (Å²) in [5, 5.41) is 14.7. The molecule has 1 aromatic rings. The van der Waals surface area contributed by atoms with Gasteiger partial charge >= 0.3 is 0 Å². The normalized spacial score (nSPS) is 21.4. The third-order valence-corrected chi connectivity index (χ3v) is 3.87.